The van der Waals surface area contributed by atoms with Crippen LogP contribution >= 0.6 is 0 Å². The number of benzene rings is 2. The van der Waals surface area contributed by atoms with E-state index in [9.17, 15) is 24.6 Å². The van der Waals surface area contributed by atoms with Gasteiger partial charge in [0.25, 0.3) is 0 Å². The zero-order valence-electron chi connectivity index (χ0n) is 20.1. The minimum absolute atomic E-state index is 0.00242. The lowest BCUT2D eigenvalue weighted by molar-refractivity contribution is -0.166. The predicted octanol–water partition coefficient (Wildman–Crippen LogP) is 3.38. The van der Waals surface area contributed by atoms with Gasteiger partial charge in [-0.3, -0.25) is 4.79 Å². The van der Waals surface area contributed by atoms with Crippen molar-refractivity contribution in [3.8, 4) is 11.1 Å². The van der Waals surface area contributed by atoms with E-state index >= 15 is 0 Å². The van der Waals surface area contributed by atoms with E-state index in [1.807, 2.05) is 50.2 Å². The fraction of sp³-hybridized carbons (Fsp3) is 0.444. The number of ether oxygens (including phenoxy) is 1. The van der Waals surface area contributed by atoms with Gasteiger partial charge in [-0.05, 0) is 41.0 Å². The summed E-state index contributed by atoms with van der Waals surface area (Å²) in [4.78, 5) is 38.4. The summed E-state index contributed by atoms with van der Waals surface area (Å²) in [6.07, 6.45) is -0.0882. The Hall–Kier alpha value is -3.39. The molecular weight excluding hydrogens is 448 g/mol. The first-order valence-corrected chi connectivity index (χ1v) is 12.0. The number of aliphatic hydroxyl groups is 1. The molecule has 8 nitrogen and oxygen atoms in total. The van der Waals surface area contributed by atoms with Crippen molar-refractivity contribution >= 4 is 18.0 Å². The van der Waals surface area contributed by atoms with E-state index in [4.69, 9.17) is 4.74 Å². The first kappa shape index (κ1) is 24.7. The summed E-state index contributed by atoms with van der Waals surface area (Å²) in [5.41, 5.74) is 2.60. The second-order valence-corrected chi connectivity index (χ2v) is 9.78. The number of likely N-dealkylation sites (tertiary alicyclic amines) is 1. The lowest BCUT2D eigenvalue weighted by Gasteiger charge is -2.37. The van der Waals surface area contributed by atoms with Crippen molar-refractivity contribution in [2.45, 2.75) is 50.7 Å². The minimum atomic E-state index is -1.93. The number of rotatable bonds is 7. The van der Waals surface area contributed by atoms with Gasteiger partial charge in [-0.1, -0.05) is 62.4 Å². The third-order valence-electron chi connectivity index (χ3n) is 7.07. The highest BCUT2D eigenvalue weighted by molar-refractivity contribution is 5.82. The number of alkyl carbamates (subject to hydrolysis) is 1. The van der Waals surface area contributed by atoms with Crippen LogP contribution in [0.15, 0.2) is 48.5 Å². The lowest BCUT2D eigenvalue weighted by atomic mass is 9.92. The SMILES string of the molecule is CC(C)[C@H](CC(=O)N1CCCC(O)(C(=O)O)C1)NC(=O)OCC1c2ccccc2-c2ccccc21. The van der Waals surface area contributed by atoms with E-state index in [-0.39, 0.29) is 43.7 Å². The molecule has 0 aromatic heterocycles. The Morgan fingerprint density at radius 1 is 1.09 bits per heavy atom. The molecule has 0 spiro atoms. The van der Waals surface area contributed by atoms with Crippen LogP contribution in [0.4, 0.5) is 4.79 Å². The zero-order valence-corrected chi connectivity index (χ0v) is 20.1. The smallest absolute Gasteiger partial charge is 0.407 e. The highest BCUT2D eigenvalue weighted by Gasteiger charge is 2.42. The van der Waals surface area contributed by atoms with Crippen molar-refractivity contribution in [2.24, 2.45) is 5.92 Å². The first-order valence-electron chi connectivity index (χ1n) is 12.0. The number of carbonyl (C=O) groups excluding carboxylic acids is 2. The molecule has 3 N–H and O–H groups in total. The van der Waals surface area contributed by atoms with E-state index < -0.39 is 23.7 Å². The third kappa shape index (κ3) is 5.17. The molecule has 4 rings (SSSR count). The molecule has 1 aliphatic carbocycles. The minimum Gasteiger partial charge on any atom is -0.479 e. The number of hydrogen-bond donors (Lipinski definition) is 3. The molecule has 0 radical (unpaired) electrons. The van der Waals surface area contributed by atoms with Crippen LogP contribution in [0.2, 0.25) is 0 Å². The van der Waals surface area contributed by atoms with Crippen molar-refractivity contribution in [1.29, 1.82) is 0 Å². The molecular formula is C27H32N2O6. The number of hydrogen-bond acceptors (Lipinski definition) is 5. The Morgan fingerprint density at radius 2 is 1.69 bits per heavy atom. The normalized spacial score (nSPS) is 20.2. The zero-order chi connectivity index (χ0) is 25.2. The molecule has 2 amide bonds. The summed E-state index contributed by atoms with van der Waals surface area (Å²) in [7, 11) is 0. The first-order chi connectivity index (χ1) is 16.7. The van der Waals surface area contributed by atoms with Gasteiger partial charge in [0.2, 0.25) is 5.91 Å². The van der Waals surface area contributed by atoms with Gasteiger partial charge in [0.15, 0.2) is 5.60 Å². The van der Waals surface area contributed by atoms with Crippen LogP contribution in [0.3, 0.4) is 0 Å². The molecule has 2 aliphatic rings. The van der Waals surface area contributed by atoms with Crippen LogP contribution in [0.25, 0.3) is 11.1 Å². The van der Waals surface area contributed by atoms with Crippen LogP contribution in [-0.2, 0) is 14.3 Å². The van der Waals surface area contributed by atoms with Gasteiger partial charge in [0, 0.05) is 24.9 Å². The van der Waals surface area contributed by atoms with Crippen molar-refractivity contribution < 1.29 is 29.3 Å². The summed E-state index contributed by atoms with van der Waals surface area (Å²) >= 11 is 0. The maximum absolute atomic E-state index is 12.9. The molecule has 1 unspecified atom stereocenters. The van der Waals surface area contributed by atoms with Gasteiger partial charge in [-0.2, -0.15) is 0 Å². The molecule has 1 saturated heterocycles. The van der Waals surface area contributed by atoms with Gasteiger partial charge in [0.1, 0.15) is 6.61 Å². The number of nitrogens with one attached hydrogen (secondary N) is 1. The summed E-state index contributed by atoms with van der Waals surface area (Å²) in [6, 6.07) is 15.7. The average molecular weight is 481 g/mol. The third-order valence-corrected chi connectivity index (χ3v) is 7.07. The number of piperidine rings is 1. The van der Waals surface area contributed by atoms with E-state index in [0.29, 0.717) is 13.0 Å². The van der Waals surface area contributed by atoms with E-state index in [2.05, 4.69) is 17.4 Å². The van der Waals surface area contributed by atoms with Gasteiger partial charge in [-0.25, -0.2) is 9.59 Å². The molecule has 1 fully saturated rings. The standard InChI is InChI=1S/C27H32N2O6/c1-17(2)23(14-24(30)29-13-7-12-27(34,16-29)25(31)32)28-26(33)35-15-22-20-10-5-3-8-18(20)19-9-4-6-11-21(19)22/h3-6,8-11,17,22-23,34H,7,12-16H2,1-2H3,(H,28,33)(H,31,32)/t23-,27?/m0/s1. The van der Waals surface area contributed by atoms with Crippen LogP contribution in [0.5, 0.6) is 0 Å². The number of carboxylic acid groups (broad SMARTS) is 1. The Morgan fingerprint density at radius 3 is 2.26 bits per heavy atom. The van der Waals surface area contributed by atoms with Crippen molar-refractivity contribution in [2.75, 3.05) is 19.7 Å². The van der Waals surface area contributed by atoms with E-state index in [1.165, 1.54) is 4.90 Å². The summed E-state index contributed by atoms with van der Waals surface area (Å²) in [5.74, 6) is -1.74. The fourth-order valence-electron chi connectivity index (χ4n) is 4.99. The topological polar surface area (TPSA) is 116 Å². The van der Waals surface area contributed by atoms with Crippen LogP contribution in [0, 0.1) is 5.92 Å². The van der Waals surface area contributed by atoms with Crippen molar-refractivity contribution in [3.63, 3.8) is 0 Å². The van der Waals surface area contributed by atoms with Crippen LogP contribution in [-0.4, -0.2) is 64.4 Å². The van der Waals surface area contributed by atoms with Crippen molar-refractivity contribution in [3.05, 3.63) is 59.7 Å². The molecule has 0 bridgehead atoms. The van der Waals surface area contributed by atoms with Crippen molar-refractivity contribution in [1.82, 2.24) is 10.2 Å². The number of aliphatic carboxylic acids is 1. The number of amides is 2. The second kappa shape index (κ2) is 10.1. The molecule has 35 heavy (non-hydrogen) atoms. The molecule has 1 aliphatic heterocycles. The second-order valence-electron chi connectivity index (χ2n) is 9.78. The predicted molar refractivity (Wildman–Crippen MR) is 130 cm³/mol. The molecule has 2 atom stereocenters. The fourth-order valence-corrected chi connectivity index (χ4v) is 4.99. The van der Waals surface area contributed by atoms with E-state index in [0.717, 1.165) is 22.3 Å². The Balaban J connectivity index is 1.37. The van der Waals surface area contributed by atoms with Gasteiger partial charge >= 0.3 is 12.1 Å². The highest BCUT2D eigenvalue weighted by Crippen LogP contribution is 2.44. The highest BCUT2D eigenvalue weighted by atomic mass is 16.5. The number of carbonyl (C=O) groups is 3. The Bertz CT molecular complexity index is 1070. The van der Waals surface area contributed by atoms with Crippen LogP contribution in [0.1, 0.15) is 50.2 Å². The van der Waals surface area contributed by atoms with Gasteiger partial charge in [-0.15, -0.1) is 0 Å². The van der Waals surface area contributed by atoms with Crippen LogP contribution < -0.4 is 5.32 Å². The lowest BCUT2D eigenvalue weighted by Crippen LogP contribution is -2.55. The molecule has 186 valence electrons. The monoisotopic (exact) mass is 480 g/mol. The number of nitrogens with zero attached hydrogens (tertiary/aromatic N) is 1. The maximum atomic E-state index is 12.9. The summed E-state index contributed by atoms with van der Waals surface area (Å²) < 4.78 is 5.62. The quantitative estimate of drug-likeness (QED) is 0.560. The molecule has 2 aromatic carbocycles. The number of carboxylic acids is 1. The number of fused-ring (bicyclic) bond motifs is 3. The molecule has 2 aromatic rings. The summed E-state index contributed by atoms with van der Waals surface area (Å²) in [5, 5.41) is 22.4. The number of β-amino-alcohol motifs (C(OH)–C–C–N with tert-alkyl or cyclic N) is 1. The van der Waals surface area contributed by atoms with Gasteiger partial charge < -0.3 is 25.2 Å². The van der Waals surface area contributed by atoms with E-state index in [1.54, 1.807) is 0 Å². The molecule has 0 saturated carbocycles. The van der Waals surface area contributed by atoms with Gasteiger partial charge in [0.05, 0.1) is 6.54 Å². The maximum Gasteiger partial charge on any atom is 0.407 e. The Labute approximate surface area is 204 Å². The average Bonchev–Trinajstić information content (AvgIpc) is 3.16. The summed E-state index contributed by atoms with van der Waals surface area (Å²) in [6.45, 7) is 4.09. The largest absolute Gasteiger partial charge is 0.479 e. The Kier molecular flexibility index (Phi) is 7.12. The molecule has 1 heterocycles. The molecule has 8 heteroatoms.